The molecule has 0 unspecified atom stereocenters. The molecule has 3 N–H and O–H groups in total. The molecule has 0 bridgehead atoms. The number of aliphatic hydroxyl groups is 1. The summed E-state index contributed by atoms with van der Waals surface area (Å²) < 4.78 is 0. The summed E-state index contributed by atoms with van der Waals surface area (Å²) in [4.78, 5) is 23.9. The van der Waals surface area contributed by atoms with Crippen molar-refractivity contribution >= 4 is 11.9 Å². The molecule has 0 radical (unpaired) electrons. The van der Waals surface area contributed by atoms with Crippen LogP contribution in [-0.4, -0.2) is 35.2 Å². The molecule has 1 aromatic carbocycles. The van der Waals surface area contributed by atoms with E-state index in [0.29, 0.717) is 18.3 Å². The Morgan fingerprint density at radius 2 is 1.64 bits per heavy atom. The van der Waals surface area contributed by atoms with Gasteiger partial charge in [-0.25, -0.2) is 4.79 Å². The normalized spacial score (nSPS) is 21.0. The van der Waals surface area contributed by atoms with Crippen LogP contribution in [0.1, 0.15) is 45.1 Å². The van der Waals surface area contributed by atoms with E-state index in [0.717, 1.165) is 38.4 Å². The number of aliphatic hydroxyl groups excluding tert-OH is 1. The van der Waals surface area contributed by atoms with Crippen LogP contribution in [0.5, 0.6) is 0 Å². The maximum absolute atomic E-state index is 12.4. The molecule has 25 heavy (non-hydrogen) atoms. The molecule has 2 rings (SSSR count). The zero-order valence-electron chi connectivity index (χ0n) is 15.4. The van der Waals surface area contributed by atoms with E-state index in [1.807, 2.05) is 30.3 Å². The Morgan fingerprint density at radius 1 is 1.08 bits per heavy atom. The molecule has 1 saturated carbocycles. The van der Waals surface area contributed by atoms with Crippen LogP contribution in [0.3, 0.4) is 0 Å². The minimum absolute atomic E-state index is 0.0392. The number of nitrogens with one attached hydrogen (secondary N) is 1. The zero-order chi connectivity index (χ0) is 18.8. The van der Waals surface area contributed by atoms with Crippen LogP contribution in [0.2, 0.25) is 0 Å². The van der Waals surface area contributed by atoms with E-state index >= 15 is 0 Å². The summed E-state index contributed by atoms with van der Waals surface area (Å²) in [6, 6.07) is 8.57. The molecule has 140 valence electrons. The lowest BCUT2D eigenvalue weighted by atomic mass is 9.76. The first-order valence-electron chi connectivity index (χ1n) is 8.99. The summed E-state index contributed by atoms with van der Waals surface area (Å²) in [5, 5.41) is 19.1. The highest BCUT2D eigenvalue weighted by Crippen LogP contribution is 2.33. The van der Waals surface area contributed by atoms with Crippen molar-refractivity contribution in [3.63, 3.8) is 0 Å². The van der Waals surface area contributed by atoms with Crippen molar-refractivity contribution in [2.24, 2.45) is 17.8 Å². The number of carbonyl (C=O) groups is 2. The van der Waals surface area contributed by atoms with Gasteiger partial charge in [-0.2, -0.15) is 0 Å². The third kappa shape index (κ3) is 6.86. The van der Waals surface area contributed by atoms with E-state index < -0.39 is 12.0 Å². The highest BCUT2D eigenvalue weighted by atomic mass is 16.4. The molecule has 0 spiro atoms. The molecular formula is C20H31NO4. The lowest BCUT2D eigenvalue weighted by Crippen LogP contribution is -2.45. The minimum atomic E-state index is -0.974. The van der Waals surface area contributed by atoms with Crippen molar-refractivity contribution in [2.75, 3.05) is 7.11 Å². The lowest BCUT2D eigenvalue weighted by molar-refractivity contribution is -0.142. The molecule has 0 saturated heterocycles. The summed E-state index contributed by atoms with van der Waals surface area (Å²) in [6.07, 6.45) is 4.18. The summed E-state index contributed by atoms with van der Waals surface area (Å²) in [5.41, 5.74) is 0.920. The third-order valence-corrected chi connectivity index (χ3v) is 4.98. The van der Waals surface area contributed by atoms with Crippen molar-refractivity contribution in [1.82, 2.24) is 5.32 Å². The Hall–Kier alpha value is -1.88. The summed E-state index contributed by atoms with van der Waals surface area (Å²) >= 11 is 0. The van der Waals surface area contributed by atoms with Crippen molar-refractivity contribution in [2.45, 2.75) is 52.0 Å². The number of carboxylic acids is 1. The molecule has 5 nitrogen and oxygen atoms in total. The predicted molar refractivity (Wildman–Crippen MR) is 98.1 cm³/mol. The summed E-state index contributed by atoms with van der Waals surface area (Å²) in [5.74, 6) is 0.235. The number of aliphatic carboxylic acids is 1. The van der Waals surface area contributed by atoms with Crippen LogP contribution >= 0.6 is 0 Å². The Morgan fingerprint density at radius 3 is 2.12 bits per heavy atom. The van der Waals surface area contributed by atoms with E-state index in [1.54, 1.807) is 0 Å². The molecule has 1 aliphatic rings. The molecule has 1 atom stereocenters. The van der Waals surface area contributed by atoms with Crippen LogP contribution in [0.25, 0.3) is 0 Å². The molecule has 1 fully saturated rings. The van der Waals surface area contributed by atoms with Gasteiger partial charge >= 0.3 is 5.97 Å². The van der Waals surface area contributed by atoms with Crippen LogP contribution < -0.4 is 5.32 Å². The summed E-state index contributed by atoms with van der Waals surface area (Å²) in [6.45, 7) is 4.46. The molecule has 1 aromatic rings. The first kappa shape index (κ1) is 21.2. The number of benzene rings is 1. The number of carbonyl (C=O) groups excluding carboxylic acids is 1. The van der Waals surface area contributed by atoms with E-state index in [-0.39, 0.29) is 11.8 Å². The Bertz CT molecular complexity index is 522. The molecule has 0 aliphatic heterocycles. The molecule has 5 heteroatoms. The Labute approximate surface area is 150 Å². The van der Waals surface area contributed by atoms with E-state index in [2.05, 4.69) is 19.2 Å². The highest BCUT2D eigenvalue weighted by molar-refractivity contribution is 5.85. The average molecular weight is 349 g/mol. The van der Waals surface area contributed by atoms with Gasteiger partial charge in [-0.15, -0.1) is 0 Å². The third-order valence-electron chi connectivity index (χ3n) is 4.98. The number of hydrogen-bond donors (Lipinski definition) is 3. The van der Waals surface area contributed by atoms with Gasteiger partial charge in [-0.1, -0.05) is 44.2 Å². The standard InChI is InChI=1S/C19H27NO3.CH4O/c1-13(2)15-8-10-16(11-9-15)18(21)20-17(19(22)23)12-14-6-4-3-5-7-14;1-2/h3-7,13,15-17H,8-12H2,1-2H3,(H,20,21)(H,22,23);2H,1H3/t15-,16-,17-;/m1./s1. The zero-order valence-corrected chi connectivity index (χ0v) is 15.4. The minimum Gasteiger partial charge on any atom is -0.480 e. The van der Waals surface area contributed by atoms with Gasteiger partial charge in [0.25, 0.3) is 0 Å². The first-order valence-corrected chi connectivity index (χ1v) is 8.99. The quantitative estimate of drug-likeness (QED) is 0.737. The van der Waals surface area contributed by atoms with Gasteiger partial charge in [0.2, 0.25) is 5.91 Å². The van der Waals surface area contributed by atoms with Gasteiger partial charge in [0.05, 0.1) is 0 Å². The lowest BCUT2D eigenvalue weighted by Gasteiger charge is -2.30. The van der Waals surface area contributed by atoms with Crippen molar-refractivity contribution in [1.29, 1.82) is 0 Å². The Kier molecular flexibility index (Phi) is 9.21. The molecule has 0 heterocycles. The monoisotopic (exact) mass is 349 g/mol. The van der Waals surface area contributed by atoms with Crippen LogP contribution in [0.4, 0.5) is 0 Å². The van der Waals surface area contributed by atoms with Crippen molar-refractivity contribution in [3.8, 4) is 0 Å². The second-order valence-electron chi connectivity index (χ2n) is 6.94. The van der Waals surface area contributed by atoms with Gasteiger partial charge in [0.1, 0.15) is 6.04 Å². The fourth-order valence-electron chi connectivity index (χ4n) is 3.39. The number of hydrogen-bond acceptors (Lipinski definition) is 3. The molecular weight excluding hydrogens is 318 g/mol. The van der Waals surface area contributed by atoms with Crippen molar-refractivity contribution < 1.29 is 19.8 Å². The molecule has 0 aromatic heterocycles. The fourth-order valence-corrected chi connectivity index (χ4v) is 3.39. The van der Waals surface area contributed by atoms with E-state index in [9.17, 15) is 14.7 Å². The predicted octanol–water partition coefficient (Wildman–Crippen LogP) is 2.87. The topological polar surface area (TPSA) is 86.6 Å². The number of carboxylic acid groups (broad SMARTS) is 1. The number of amides is 1. The second-order valence-corrected chi connectivity index (χ2v) is 6.94. The highest BCUT2D eigenvalue weighted by Gasteiger charge is 2.30. The molecule has 1 amide bonds. The maximum atomic E-state index is 12.4. The van der Waals surface area contributed by atoms with Crippen LogP contribution in [0, 0.1) is 17.8 Å². The van der Waals surface area contributed by atoms with E-state index in [4.69, 9.17) is 5.11 Å². The maximum Gasteiger partial charge on any atom is 0.326 e. The van der Waals surface area contributed by atoms with Crippen LogP contribution in [0.15, 0.2) is 30.3 Å². The van der Waals surface area contributed by atoms with Gasteiger partial charge in [-0.3, -0.25) is 4.79 Å². The van der Waals surface area contributed by atoms with Crippen LogP contribution in [-0.2, 0) is 16.0 Å². The van der Waals surface area contributed by atoms with Gasteiger partial charge < -0.3 is 15.5 Å². The van der Waals surface area contributed by atoms with Crippen molar-refractivity contribution in [3.05, 3.63) is 35.9 Å². The van der Waals surface area contributed by atoms with Gasteiger partial charge in [0.15, 0.2) is 0 Å². The molecule has 1 aliphatic carbocycles. The first-order chi connectivity index (χ1) is 12.0. The Balaban J connectivity index is 0.00000151. The smallest absolute Gasteiger partial charge is 0.326 e. The second kappa shape index (κ2) is 10.9. The largest absolute Gasteiger partial charge is 0.480 e. The van der Waals surface area contributed by atoms with Gasteiger partial charge in [0, 0.05) is 19.4 Å². The average Bonchev–Trinajstić information content (AvgIpc) is 2.63. The fraction of sp³-hybridized carbons (Fsp3) is 0.600. The van der Waals surface area contributed by atoms with E-state index in [1.165, 1.54) is 0 Å². The SMILES string of the molecule is CC(C)[C@H]1CC[C@H](C(=O)N[C@H](Cc2ccccc2)C(=O)O)CC1.CO. The summed E-state index contributed by atoms with van der Waals surface area (Å²) in [7, 11) is 1.00. The van der Waals surface area contributed by atoms with Gasteiger partial charge in [-0.05, 0) is 43.1 Å². The number of rotatable bonds is 6.